The number of rotatable bonds is 9. The van der Waals surface area contributed by atoms with Crippen LogP contribution in [0, 0.1) is 0 Å². The Balaban J connectivity index is 2.65. The minimum absolute atomic E-state index is 0.301. The first-order valence-electron chi connectivity index (χ1n) is 7.67. The molecule has 0 radical (unpaired) electrons. The fourth-order valence-corrected chi connectivity index (χ4v) is 2.73. The van der Waals surface area contributed by atoms with Crippen LogP contribution in [0.2, 0.25) is 0 Å². The zero-order valence-corrected chi connectivity index (χ0v) is 13.6. The fourth-order valence-electron chi connectivity index (χ4n) is 2.37. The van der Waals surface area contributed by atoms with Crippen molar-refractivity contribution in [2.45, 2.75) is 57.7 Å². The second-order valence-corrected chi connectivity index (χ2v) is 5.90. The smallest absolute Gasteiger partial charge is 0.0419 e. The van der Waals surface area contributed by atoms with Gasteiger partial charge in [-0.05, 0) is 38.4 Å². The summed E-state index contributed by atoms with van der Waals surface area (Å²) in [4.78, 5) is 2.61. The molecule has 19 heavy (non-hydrogen) atoms. The van der Waals surface area contributed by atoms with Gasteiger partial charge in [-0.25, -0.2) is 0 Å². The Hall–Kier alpha value is -0.470. The third-order valence-corrected chi connectivity index (χ3v) is 4.50. The van der Waals surface area contributed by atoms with Crippen LogP contribution in [0.4, 0.5) is 0 Å². The van der Waals surface area contributed by atoms with Crippen molar-refractivity contribution in [3.8, 4) is 0 Å². The summed E-state index contributed by atoms with van der Waals surface area (Å²) >= 11 is 4.86. The Bertz CT molecular complexity index is 317. The van der Waals surface area contributed by atoms with E-state index in [1.165, 1.54) is 44.3 Å². The summed E-state index contributed by atoms with van der Waals surface area (Å²) in [6.07, 6.45) is 5.09. The Morgan fingerprint density at radius 1 is 1.00 bits per heavy atom. The van der Waals surface area contributed by atoms with Gasteiger partial charge in [0.15, 0.2) is 0 Å². The van der Waals surface area contributed by atoms with Crippen LogP contribution in [-0.2, 0) is 0 Å². The van der Waals surface area contributed by atoms with Crippen molar-refractivity contribution in [1.29, 1.82) is 0 Å². The SMILES string of the molecule is CCCCN(CCCC)[C@@H](C)[C@H](S)c1ccccc1. The highest BCUT2D eigenvalue weighted by atomic mass is 32.1. The maximum absolute atomic E-state index is 4.86. The van der Waals surface area contributed by atoms with Gasteiger partial charge in [0, 0.05) is 11.3 Å². The molecule has 108 valence electrons. The van der Waals surface area contributed by atoms with Crippen LogP contribution in [-0.4, -0.2) is 24.0 Å². The van der Waals surface area contributed by atoms with E-state index in [1.807, 2.05) is 0 Å². The zero-order valence-electron chi connectivity index (χ0n) is 12.7. The lowest BCUT2D eigenvalue weighted by atomic mass is 10.0. The highest BCUT2D eigenvalue weighted by molar-refractivity contribution is 7.80. The predicted molar refractivity (Wildman–Crippen MR) is 89.0 cm³/mol. The molecular weight excluding hydrogens is 250 g/mol. The van der Waals surface area contributed by atoms with Gasteiger partial charge in [0.25, 0.3) is 0 Å². The minimum Gasteiger partial charge on any atom is -0.299 e. The average molecular weight is 279 g/mol. The summed E-state index contributed by atoms with van der Waals surface area (Å²) in [6, 6.07) is 11.1. The van der Waals surface area contributed by atoms with Crippen LogP contribution in [0.3, 0.4) is 0 Å². The highest BCUT2D eigenvalue weighted by Gasteiger charge is 2.21. The van der Waals surface area contributed by atoms with Gasteiger partial charge in [0.2, 0.25) is 0 Å². The lowest BCUT2D eigenvalue weighted by Crippen LogP contribution is -2.37. The van der Waals surface area contributed by atoms with Gasteiger partial charge in [-0.3, -0.25) is 4.90 Å². The Morgan fingerprint density at radius 2 is 1.53 bits per heavy atom. The third-order valence-electron chi connectivity index (χ3n) is 3.77. The van der Waals surface area contributed by atoms with E-state index in [2.05, 4.69) is 56.0 Å². The van der Waals surface area contributed by atoms with Crippen LogP contribution >= 0.6 is 12.6 Å². The van der Waals surface area contributed by atoms with Gasteiger partial charge in [-0.2, -0.15) is 12.6 Å². The van der Waals surface area contributed by atoms with Crippen LogP contribution in [0.1, 0.15) is 57.3 Å². The molecule has 1 nitrogen and oxygen atoms in total. The molecule has 0 amide bonds. The first-order valence-corrected chi connectivity index (χ1v) is 8.19. The molecule has 0 aliphatic rings. The Labute approximate surface area is 124 Å². The summed E-state index contributed by atoms with van der Waals surface area (Å²) in [6.45, 7) is 9.23. The average Bonchev–Trinajstić information content (AvgIpc) is 2.47. The van der Waals surface area contributed by atoms with Crippen LogP contribution in [0.15, 0.2) is 30.3 Å². The molecule has 1 rings (SSSR count). The molecule has 0 fully saturated rings. The quantitative estimate of drug-likeness (QED) is 0.626. The largest absolute Gasteiger partial charge is 0.299 e. The summed E-state index contributed by atoms with van der Waals surface area (Å²) < 4.78 is 0. The monoisotopic (exact) mass is 279 g/mol. The molecule has 0 saturated heterocycles. The number of benzene rings is 1. The van der Waals surface area contributed by atoms with E-state index in [1.54, 1.807) is 0 Å². The molecule has 0 heterocycles. The van der Waals surface area contributed by atoms with E-state index in [0.29, 0.717) is 11.3 Å². The third kappa shape index (κ3) is 5.58. The number of nitrogens with zero attached hydrogens (tertiary/aromatic N) is 1. The molecule has 0 N–H and O–H groups in total. The second kappa shape index (κ2) is 9.44. The molecule has 0 spiro atoms. The molecule has 0 bridgehead atoms. The number of hydrogen-bond donors (Lipinski definition) is 1. The Morgan fingerprint density at radius 3 is 2.00 bits per heavy atom. The van der Waals surface area contributed by atoms with Gasteiger partial charge in [0.05, 0.1) is 0 Å². The van der Waals surface area contributed by atoms with Gasteiger partial charge >= 0.3 is 0 Å². The standard InChI is InChI=1S/C17H29NS/c1-4-6-13-18(14-7-5-2)15(3)17(19)16-11-9-8-10-12-16/h8-12,15,17,19H,4-7,13-14H2,1-3H3/t15-,17-/m0/s1. The van der Waals surface area contributed by atoms with Crippen molar-refractivity contribution < 1.29 is 0 Å². The van der Waals surface area contributed by atoms with Gasteiger partial charge < -0.3 is 0 Å². The van der Waals surface area contributed by atoms with Gasteiger partial charge in [0.1, 0.15) is 0 Å². The van der Waals surface area contributed by atoms with Crippen molar-refractivity contribution in [3.05, 3.63) is 35.9 Å². The van der Waals surface area contributed by atoms with E-state index >= 15 is 0 Å². The van der Waals surface area contributed by atoms with Crippen molar-refractivity contribution in [3.63, 3.8) is 0 Å². The molecular formula is C17H29NS. The fraction of sp³-hybridized carbons (Fsp3) is 0.647. The van der Waals surface area contributed by atoms with Crippen LogP contribution < -0.4 is 0 Å². The molecule has 0 aliphatic carbocycles. The molecule has 0 unspecified atom stereocenters. The normalized spacial score (nSPS) is 14.6. The molecule has 0 saturated carbocycles. The number of hydrogen-bond acceptors (Lipinski definition) is 2. The first kappa shape index (κ1) is 16.6. The summed E-state index contributed by atoms with van der Waals surface area (Å²) in [5.74, 6) is 0. The molecule has 2 atom stereocenters. The van der Waals surface area contributed by atoms with Crippen LogP contribution in [0.25, 0.3) is 0 Å². The van der Waals surface area contributed by atoms with Gasteiger partial charge in [-0.15, -0.1) is 0 Å². The maximum atomic E-state index is 4.86. The predicted octanol–water partition coefficient (Wildman–Crippen LogP) is 4.95. The lowest BCUT2D eigenvalue weighted by molar-refractivity contribution is 0.199. The van der Waals surface area contributed by atoms with E-state index in [0.717, 1.165) is 0 Å². The second-order valence-electron chi connectivity index (χ2n) is 5.34. The summed E-state index contributed by atoms with van der Waals surface area (Å²) in [5, 5.41) is 0.301. The van der Waals surface area contributed by atoms with Crippen molar-refractivity contribution in [2.24, 2.45) is 0 Å². The maximum Gasteiger partial charge on any atom is 0.0419 e. The molecule has 2 heteroatoms. The van der Waals surface area contributed by atoms with Crippen molar-refractivity contribution in [2.75, 3.05) is 13.1 Å². The molecule has 0 aromatic heterocycles. The van der Waals surface area contributed by atoms with Crippen LogP contribution in [0.5, 0.6) is 0 Å². The first-order chi connectivity index (χ1) is 9.20. The van der Waals surface area contributed by atoms with E-state index in [-0.39, 0.29) is 0 Å². The van der Waals surface area contributed by atoms with Gasteiger partial charge in [-0.1, -0.05) is 57.0 Å². The van der Waals surface area contributed by atoms with E-state index < -0.39 is 0 Å². The summed E-state index contributed by atoms with van der Waals surface area (Å²) in [7, 11) is 0. The number of unbranched alkanes of at least 4 members (excludes halogenated alkanes) is 2. The number of thiol groups is 1. The minimum atomic E-state index is 0.301. The highest BCUT2D eigenvalue weighted by Crippen LogP contribution is 2.27. The van der Waals surface area contributed by atoms with Crippen molar-refractivity contribution in [1.82, 2.24) is 4.90 Å². The zero-order chi connectivity index (χ0) is 14.1. The van der Waals surface area contributed by atoms with E-state index in [4.69, 9.17) is 12.6 Å². The van der Waals surface area contributed by atoms with E-state index in [9.17, 15) is 0 Å². The molecule has 0 aliphatic heterocycles. The van der Waals surface area contributed by atoms with Crippen molar-refractivity contribution >= 4 is 12.6 Å². The summed E-state index contributed by atoms with van der Waals surface area (Å²) in [5.41, 5.74) is 1.33. The topological polar surface area (TPSA) is 3.24 Å². The lowest BCUT2D eigenvalue weighted by Gasteiger charge is -2.33. The Kier molecular flexibility index (Phi) is 8.24. The molecule has 1 aromatic rings. The molecule has 1 aromatic carbocycles.